The molecule has 0 aromatic carbocycles. The van der Waals surface area contributed by atoms with E-state index < -0.39 is 0 Å². The minimum atomic E-state index is -0.0175. The Balaban J connectivity index is 2.58. The van der Waals surface area contributed by atoms with Gasteiger partial charge >= 0.3 is 0 Å². The number of hydrogen-bond donors (Lipinski definition) is 1. The second-order valence-electron chi connectivity index (χ2n) is 2.74. The molecule has 1 atom stereocenters. The van der Waals surface area contributed by atoms with Crippen LogP contribution in [0, 0.1) is 0 Å². The van der Waals surface area contributed by atoms with E-state index in [1.807, 2.05) is 20.9 Å². The van der Waals surface area contributed by atoms with Crippen LogP contribution in [0.4, 0.5) is 0 Å². The minimum Gasteiger partial charge on any atom is -0.472 e. The Morgan fingerprint density at radius 1 is 1.46 bits per heavy atom. The third kappa shape index (κ3) is 2.99. The Morgan fingerprint density at radius 3 is 2.54 bits per heavy atom. The molecule has 0 spiro atoms. The largest absolute Gasteiger partial charge is 0.472 e. The molecule has 1 unspecified atom stereocenters. The van der Waals surface area contributed by atoms with E-state index in [0.717, 1.165) is 12.2 Å². The van der Waals surface area contributed by atoms with Crippen molar-refractivity contribution in [3.05, 3.63) is 18.2 Å². The third-order valence-electron chi connectivity index (χ3n) is 1.72. The quantitative estimate of drug-likeness (QED) is 0.703. The fourth-order valence-corrected chi connectivity index (χ4v) is 0.849. The summed E-state index contributed by atoms with van der Waals surface area (Å²) in [5.41, 5.74) is 0. The molecule has 0 radical (unpaired) electrons. The molecule has 4 heteroatoms. The van der Waals surface area contributed by atoms with Gasteiger partial charge < -0.3 is 4.74 Å². The van der Waals surface area contributed by atoms with Crippen molar-refractivity contribution in [2.75, 3.05) is 7.05 Å². The van der Waals surface area contributed by atoms with Crippen LogP contribution in [0.1, 0.15) is 19.7 Å². The van der Waals surface area contributed by atoms with Crippen LogP contribution >= 0.6 is 0 Å². The lowest BCUT2D eigenvalue weighted by Crippen LogP contribution is -2.27. The van der Waals surface area contributed by atoms with Gasteiger partial charge in [0.25, 0.3) is 0 Å². The first-order valence-electron chi connectivity index (χ1n) is 4.41. The van der Waals surface area contributed by atoms with E-state index in [1.165, 1.54) is 0 Å². The van der Waals surface area contributed by atoms with Gasteiger partial charge in [0, 0.05) is 6.42 Å². The van der Waals surface area contributed by atoms with Crippen molar-refractivity contribution in [1.82, 2.24) is 15.3 Å². The van der Waals surface area contributed by atoms with Gasteiger partial charge in [-0.05, 0) is 14.0 Å². The van der Waals surface area contributed by atoms with Crippen molar-refractivity contribution in [3.63, 3.8) is 0 Å². The highest BCUT2D eigenvalue weighted by Crippen LogP contribution is 2.07. The number of rotatable bonds is 4. The van der Waals surface area contributed by atoms with Gasteiger partial charge in [-0.15, -0.1) is 0 Å². The molecule has 0 bridgehead atoms. The van der Waals surface area contributed by atoms with Gasteiger partial charge in [0.05, 0.1) is 12.4 Å². The highest BCUT2D eigenvalue weighted by Gasteiger charge is 2.00. The number of aryl methyl sites for hydroxylation is 1. The number of hydrogen-bond acceptors (Lipinski definition) is 4. The molecule has 13 heavy (non-hydrogen) atoms. The van der Waals surface area contributed by atoms with E-state index in [1.54, 1.807) is 12.4 Å². The average molecular weight is 181 g/mol. The summed E-state index contributed by atoms with van der Waals surface area (Å²) in [4.78, 5) is 8.24. The molecule has 72 valence electrons. The Morgan fingerprint density at radius 2 is 2.08 bits per heavy atom. The second kappa shape index (κ2) is 4.77. The highest BCUT2D eigenvalue weighted by atomic mass is 16.5. The van der Waals surface area contributed by atoms with Crippen molar-refractivity contribution < 1.29 is 4.74 Å². The SMILES string of the molecule is CCc1ncc(OC(C)NC)cn1. The molecule has 0 aliphatic rings. The molecule has 0 saturated heterocycles. The Kier molecular flexibility index (Phi) is 3.64. The fraction of sp³-hybridized carbons (Fsp3) is 0.556. The summed E-state index contributed by atoms with van der Waals surface area (Å²) in [7, 11) is 1.84. The number of ether oxygens (including phenoxy) is 1. The first-order chi connectivity index (χ1) is 6.26. The van der Waals surface area contributed by atoms with Crippen molar-refractivity contribution in [2.24, 2.45) is 0 Å². The molecule has 1 aromatic heterocycles. The van der Waals surface area contributed by atoms with Gasteiger partial charge in [-0.25, -0.2) is 9.97 Å². The van der Waals surface area contributed by atoms with Crippen LogP contribution in [0.15, 0.2) is 12.4 Å². The topological polar surface area (TPSA) is 47.0 Å². The van der Waals surface area contributed by atoms with Crippen LogP contribution < -0.4 is 10.1 Å². The summed E-state index contributed by atoms with van der Waals surface area (Å²) in [6, 6.07) is 0. The molecule has 0 aliphatic carbocycles. The molecule has 1 aromatic rings. The third-order valence-corrected chi connectivity index (χ3v) is 1.72. The Labute approximate surface area is 78.4 Å². The predicted octanol–water partition coefficient (Wildman–Crippen LogP) is 0.983. The van der Waals surface area contributed by atoms with Crippen molar-refractivity contribution in [3.8, 4) is 5.75 Å². The summed E-state index contributed by atoms with van der Waals surface area (Å²) in [6.07, 6.45) is 4.22. The first kappa shape index (κ1) is 9.92. The summed E-state index contributed by atoms with van der Waals surface area (Å²) in [5.74, 6) is 1.53. The summed E-state index contributed by atoms with van der Waals surface area (Å²) in [5, 5.41) is 2.96. The van der Waals surface area contributed by atoms with Crippen LogP contribution in [-0.4, -0.2) is 23.2 Å². The van der Waals surface area contributed by atoms with E-state index in [4.69, 9.17) is 4.74 Å². The minimum absolute atomic E-state index is 0.0175. The normalized spacial score (nSPS) is 12.5. The maximum Gasteiger partial charge on any atom is 0.158 e. The van der Waals surface area contributed by atoms with Crippen molar-refractivity contribution in [2.45, 2.75) is 26.5 Å². The summed E-state index contributed by atoms with van der Waals surface area (Å²) in [6.45, 7) is 3.94. The van der Waals surface area contributed by atoms with Gasteiger partial charge in [0.1, 0.15) is 12.1 Å². The second-order valence-corrected chi connectivity index (χ2v) is 2.74. The maximum absolute atomic E-state index is 5.43. The van der Waals surface area contributed by atoms with Crippen molar-refractivity contribution >= 4 is 0 Å². The van der Waals surface area contributed by atoms with Crippen LogP contribution in [0.25, 0.3) is 0 Å². The lowest BCUT2D eigenvalue weighted by Gasteiger charge is -2.12. The first-order valence-corrected chi connectivity index (χ1v) is 4.41. The van der Waals surface area contributed by atoms with Crippen molar-refractivity contribution in [1.29, 1.82) is 0 Å². The van der Waals surface area contributed by atoms with E-state index in [-0.39, 0.29) is 6.23 Å². The van der Waals surface area contributed by atoms with Crippen LogP contribution in [0.5, 0.6) is 5.75 Å². The van der Waals surface area contributed by atoms with Gasteiger partial charge in [-0.1, -0.05) is 6.92 Å². The van der Waals surface area contributed by atoms with E-state index in [9.17, 15) is 0 Å². The Hall–Kier alpha value is -1.16. The molecule has 0 amide bonds. The molecule has 1 rings (SSSR count). The number of nitrogens with zero attached hydrogens (tertiary/aromatic N) is 2. The zero-order valence-electron chi connectivity index (χ0n) is 8.24. The summed E-state index contributed by atoms with van der Waals surface area (Å²) < 4.78 is 5.43. The lowest BCUT2D eigenvalue weighted by atomic mass is 10.4. The van der Waals surface area contributed by atoms with Crippen LogP contribution in [0.3, 0.4) is 0 Å². The van der Waals surface area contributed by atoms with Gasteiger partial charge in [-0.2, -0.15) is 0 Å². The molecule has 1 heterocycles. The highest BCUT2D eigenvalue weighted by molar-refractivity contribution is 5.12. The van der Waals surface area contributed by atoms with E-state index >= 15 is 0 Å². The molecular weight excluding hydrogens is 166 g/mol. The monoisotopic (exact) mass is 181 g/mol. The van der Waals surface area contributed by atoms with Crippen LogP contribution in [-0.2, 0) is 6.42 Å². The molecule has 4 nitrogen and oxygen atoms in total. The zero-order valence-corrected chi connectivity index (χ0v) is 8.24. The molecule has 0 fully saturated rings. The van der Waals surface area contributed by atoms with Gasteiger partial charge in [0.15, 0.2) is 5.75 Å². The molecule has 0 saturated carbocycles. The molecular formula is C9H15N3O. The summed E-state index contributed by atoms with van der Waals surface area (Å²) >= 11 is 0. The fourth-order valence-electron chi connectivity index (χ4n) is 0.849. The molecule has 0 aliphatic heterocycles. The smallest absolute Gasteiger partial charge is 0.158 e. The van der Waals surface area contributed by atoms with Crippen LogP contribution in [0.2, 0.25) is 0 Å². The lowest BCUT2D eigenvalue weighted by molar-refractivity contribution is 0.192. The zero-order chi connectivity index (χ0) is 9.68. The Bertz CT molecular complexity index is 248. The molecule has 1 N–H and O–H groups in total. The van der Waals surface area contributed by atoms with Gasteiger partial charge in [0.2, 0.25) is 0 Å². The maximum atomic E-state index is 5.43. The predicted molar refractivity (Wildman–Crippen MR) is 50.6 cm³/mol. The van der Waals surface area contributed by atoms with E-state index in [2.05, 4.69) is 15.3 Å². The number of aromatic nitrogens is 2. The number of nitrogens with one attached hydrogen (secondary N) is 1. The van der Waals surface area contributed by atoms with Gasteiger partial charge in [-0.3, -0.25) is 5.32 Å². The average Bonchev–Trinajstić information content (AvgIpc) is 2.19. The van der Waals surface area contributed by atoms with E-state index in [0.29, 0.717) is 5.75 Å². The standard InChI is InChI=1S/C9H15N3O/c1-4-9-11-5-8(6-12-9)13-7(2)10-3/h5-7,10H,4H2,1-3H3.